The summed E-state index contributed by atoms with van der Waals surface area (Å²) in [7, 11) is 0. The molecule has 2 unspecified atom stereocenters. The monoisotopic (exact) mass is 342 g/mol. The van der Waals surface area contributed by atoms with Gasteiger partial charge in [0.15, 0.2) is 0 Å². The van der Waals surface area contributed by atoms with Crippen LogP contribution < -0.4 is 0 Å². The number of aliphatic hydroxyl groups is 2. The topological polar surface area (TPSA) is 66.8 Å². The van der Waals surface area contributed by atoms with Crippen LogP contribution in [0.2, 0.25) is 0 Å². The Morgan fingerprint density at radius 1 is 0.875 bits per heavy atom. The Kier molecular flexibility index (Phi) is 15.1. The Morgan fingerprint density at radius 2 is 1.29 bits per heavy atom. The van der Waals surface area contributed by atoms with Crippen LogP contribution in [0.3, 0.4) is 0 Å². The molecule has 2 atom stereocenters. The molecule has 24 heavy (non-hydrogen) atoms. The van der Waals surface area contributed by atoms with Gasteiger partial charge in [-0.15, -0.1) is 0 Å². The maximum absolute atomic E-state index is 11.2. The van der Waals surface area contributed by atoms with Gasteiger partial charge in [0.1, 0.15) is 6.10 Å². The number of rotatable bonds is 16. The molecular weight excluding hydrogens is 304 g/mol. The number of unbranched alkanes of at least 4 members (excludes halogenated alkanes) is 11. The van der Waals surface area contributed by atoms with E-state index in [2.05, 4.69) is 13.5 Å². The summed E-state index contributed by atoms with van der Waals surface area (Å²) in [6.07, 6.45) is 13.0. The molecule has 0 heterocycles. The van der Waals surface area contributed by atoms with E-state index in [0.717, 1.165) is 19.3 Å². The van der Waals surface area contributed by atoms with Gasteiger partial charge in [0.2, 0.25) is 6.29 Å². The lowest BCUT2D eigenvalue weighted by atomic mass is 10.0. The Hall–Kier alpha value is -0.870. The first-order chi connectivity index (χ1) is 11.5. The number of carbonyl (C=O) groups is 1. The van der Waals surface area contributed by atoms with E-state index >= 15 is 0 Å². The second-order valence-electron chi connectivity index (χ2n) is 6.82. The van der Waals surface area contributed by atoms with Crippen molar-refractivity contribution in [2.24, 2.45) is 0 Å². The molecule has 4 heteroatoms. The van der Waals surface area contributed by atoms with Gasteiger partial charge in [0.05, 0.1) is 0 Å². The van der Waals surface area contributed by atoms with Gasteiger partial charge in [-0.3, -0.25) is 0 Å². The molecule has 0 aliphatic carbocycles. The average Bonchev–Trinajstić information content (AvgIpc) is 2.55. The van der Waals surface area contributed by atoms with Crippen LogP contribution in [0.4, 0.5) is 0 Å². The molecule has 0 rings (SSSR count). The van der Waals surface area contributed by atoms with Crippen molar-refractivity contribution in [3.05, 3.63) is 12.2 Å². The molecule has 0 saturated carbocycles. The lowest BCUT2D eigenvalue weighted by Crippen LogP contribution is -2.31. The Labute approximate surface area is 148 Å². The molecule has 0 radical (unpaired) electrons. The summed E-state index contributed by atoms with van der Waals surface area (Å²) in [5, 5.41) is 19.3. The molecule has 0 aromatic carbocycles. The fourth-order valence-electron chi connectivity index (χ4n) is 2.63. The second-order valence-corrected chi connectivity index (χ2v) is 6.82. The molecule has 0 bridgehead atoms. The standard InChI is InChI=1S/C20H38O4/c1-4-5-6-7-8-9-10-11-12-13-14-15-16-18(21)20(23)24-19(22)17(2)3/h18,20-21,23H,2,4-16H2,1,3H3. The first-order valence-electron chi connectivity index (χ1n) is 9.71. The average molecular weight is 343 g/mol. The van der Waals surface area contributed by atoms with Crippen molar-refractivity contribution in [1.29, 1.82) is 0 Å². The third kappa shape index (κ3) is 13.6. The smallest absolute Gasteiger partial charge is 0.335 e. The molecule has 0 amide bonds. The van der Waals surface area contributed by atoms with Crippen LogP contribution in [0.15, 0.2) is 12.2 Å². The van der Waals surface area contributed by atoms with Crippen molar-refractivity contribution in [2.45, 2.75) is 110 Å². The highest BCUT2D eigenvalue weighted by Crippen LogP contribution is 2.14. The molecule has 0 aliphatic heterocycles. The molecule has 0 aliphatic rings. The molecule has 0 fully saturated rings. The van der Waals surface area contributed by atoms with Gasteiger partial charge in [0.25, 0.3) is 0 Å². The summed E-state index contributed by atoms with van der Waals surface area (Å²) in [5.41, 5.74) is 0.214. The predicted molar refractivity (Wildman–Crippen MR) is 98.6 cm³/mol. The van der Waals surface area contributed by atoms with E-state index < -0.39 is 18.4 Å². The van der Waals surface area contributed by atoms with E-state index in [1.54, 1.807) is 0 Å². The van der Waals surface area contributed by atoms with Crippen molar-refractivity contribution in [3.63, 3.8) is 0 Å². The largest absolute Gasteiger partial charge is 0.430 e. The summed E-state index contributed by atoms with van der Waals surface area (Å²) in [6.45, 7) is 7.19. The molecule has 0 aromatic heterocycles. The maximum atomic E-state index is 11.2. The lowest BCUT2D eigenvalue weighted by molar-refractivity contribution is -0.183. The van der Waals surface area contributed by atoms with Crippen LogP contribution in [0.5, 0.6) is 0 Å². The minimum atomic E-state index is -1.46. The predicted octanol–water partition coefficient (Wildman–Crippen LogP) is 4.88. The number of esters is 1. The Balaban J connectivity index is 3.40. The zero-order chi connectivity index (χ0) is 18.2. The van der Waals surface area contributed by atoms with Gasteiger partial charge in [-0.25, -0.2) is 4.79 Å². The van der Waals surface area contributed by atoms with Crippen molar-refractivity contribution in [3.8, 4) is 0 Å². The first kappa shape index (κ1) is 23.1. The van der Waals surface area contributed by atoms with E-state index in [1.165, 1.54) is 64.7 Å². The van der Waals surface area contributed by atoms with Gasteiger partial charge in [0, 0.05) is 5.57 Å². The van der Waals surface area contributed by atoms with Crippen LogP contribution >= 0.6 is 0 Å². The normalized spacial score (nSPS) is 13.5. The maximum Gasteiger partial charge on any atom is 0.335 e. The number of ether oxygens (including phenoxy) is 1. The molecule has 2 N–H and O–H groups in total. The number of hydrogen-bond donors (Lipinski definition) is 2. The lowest BCUT2D eigenvalue weighted by Gasteiger charge is -2.18. The molecule has 142 valence electrons. The molecular formula is C20H38O4. The zero-order valence-electron chi connectivity index (χ0n) is 15.8. The van der Waals surface area contributed by atoms with Crippen LogP contribution in [0.1, 0.15) is 97.3 Å². The Bertz CT molecular complexity index is 328. The highest BCUT2D eigenvalue weighted by Gasteiger charge is 2.20. The number of hydrogen-bond acceptors (Lipinski definition) is 4. The van der Waals surface area contributed by atoms with Crippen LogP contribution in [0.25, 0.3) is 0 Å². The summed E-state index contributed by atoms with van der Waals surface area (Å²) in [4.78, 5) is 11.2. The van der Waals surface area contributed by atoms with Gasteiger partial charge in [-0.1, -0.05) is 90.6 Å². The summed E-state index contributed by atoms with van der Waals surface area (Å²) in [6, 6.07) is 0. The number of carbonyl (C=O) groups excluding carboxylic acids is 1. The summed E-state index contributed by atoms with van der Waals surface area (Å²) >= 11 is 0. The Morgan fingerprint density at radius 3 is 1.71 bits per heavy atom. The van der Waals surface area contributed by atoms with E-state index in [9.17, 15) is 15.0 Å². The minimum absolute atomic E-state index is 0.214. The minimum Gasteiger partial charge on any atom is -0.430 e. The van der Waals surface area contributed by atoms with E-state index in [0.29, 0.717) is 6.42 Å². The molecule has 0 aromatic rings. The SMILES string of the molecule is C=C(C)C(=O)OC(O)C(O)CCCCCCCCCCCCCC. The van der Waals surface area contributed by atoms with Crippen LogP contribution in [0, 0.1) is 0 Å². The third-order valence-electron chi connectivity index (χ3n) is 4.26. The van der Waals surface area contributed by atoms with Gasteiger partial charge in [-0.05, 0) is 13.3 Å². The fraction of sp³-hybridized carbons (Fsp3) is 0.850. The highest BCUT2D eigenvalue weighted by atomic mass is 16.6. The molecule has 0 saturated heterocycles. The van der Waals surface area contributed by atoms with Crippen molar-refractivity contribution in [2.75, 3.05) is 0 Å². The van der Waals surface area contributed by atoms with Gasteiger partial charge in [-0.2, -0.15) is 0 Å². The van der Waals surface area contributed by atoms with Crippen molar-refractivity contribution in [1.82, 2.24) is 0 Å². The highest BCUT2D eigenvalue weighted by molar-refractivity contribution is 5.87. The van der Waals surface area contributed by atoms with Crippen LogP contribution in [-0.4, -0.2) is 28.6 Å². The van der Waals surface area contributed by atoms with E-state index in [4.69, 9.17) is 4.74 Å². The summed E-state index contributed by atoms with van der Waals surface area (Å²) < 4.78 is 4.70. The fourth-order valence-corrected chi connectivity index (χ4v) is 2.63. The van der Waals surface area contributed by atoms with E-state index in [-0.39, 0.29) is 5.57 Å². The van der Waals surface area contributed by atoms with E-state index in [1.807, 2.05) is 0 Å². The van der Waals surface area contributed by atoms with Crippen molar-refractivity contribution >= 4 is 5.97 Å². The van der Waals surface area contributed by atoms with Crippen LogP contribution in [-0.2, 0) is 9.53 Å². The van der Waals surface area contributed by atoms with Gasteiger partial charge >= 0.3 is 5.97 Å². The summed E-state index contributed by atoms with van der Waals surface area (Å²) in [5.74, 6) is -0.670. The second kappa shape index (κ2) is 15.6. The van der Waals surface area contributed by atoms with Gasteiger partial charge < -0.3 is 14.9 Å². The van der Waals surface area contributed by atoms with Crippen molar-refractivity contribution < 1.29 is 19.7 Å². The zero-order valence-corrected chi connectivity index (χ0v) is 15.8. The first-order valence-corrected chi connectivity index (χ1v) is 9.71. The third-order valence-corrected chi connectivity index (χ3v) is 4.26. The molecule has 0 spiro atoms. The number of aliphatic hydroxyl groups excluding tert-OH is 2. The molecule has 4 nitrogen and oxygen atoms in total. The quantitative estimate of drug-likeness (QED) is 0.182.